The van der Waals surface area contributed by atoms with E-state index in [1.807, 2.05) is 30.3 Å². The number of carbonyl (C=O) groups excluding carboxylic acids is 2. The van der Waals surface area contributed by atoms with Gasteiger partial charge in [-0.25, -0.2) is 5.01 Å². The number of hydrogen-bond donors (Lipinski definition) is 1. The lowest BCUT2D eigenvalue weighted by Crippen LogP contribution is -2.39. The monoisotopic (exact) mass is 325 g/mol. The van der Waals surface area contributed by atoms with Gasteiger partial charge in [0.25, 0.3) is 5.91 Å². The first-order valence-corrected chi connectivity index (χ1v) is 8.65. The number of para-hydroxylation sites is 1. The summed E-state index contributed by atoms with van der Waals surface area (Å²) in [5, 5.41) is 8.55. The molecule has 0 bridgehead atoms. The van der Waals surface area contributed by atoms with E-state index in [4.69, 9.17) is 0 Å². The normalized spacial score (nSPS) is 18.0. The Labute approximate surface area is 142 Å². The van der Waals surface area contributed by atoms with Crippen LogP contribution in [0.1, 0.15) is 44.9 Å². The van der Waals surface area contributed by atoms with E-state index < -0.39 is 0 Å². The molecule has 0 fully saturated rings. The van der Waals surface area contributed by atoms with Crippen molar-refractivity contribution in [3.8, 4) is 0 Å². The van der Waals surface area contributed by atoms with Gasteiger partial charge in [0.05, 0.1) is 5.69 Å². The zero-order valence-corrected chi connectivity index (χ0v) is 13.8. The third-order valence-electron chi connectivity index (χ3n) is 4.41. The molecule has 1 aromatic carbocycles. The second-order valence-electron chi connectivity index (χ2n) is 6.20. The predicted octanol–water partition coefficient (Wildman–Crippen LogP) is 3.18. The summed E-state index contributed by atoms with van der Waals surface area (Å²) in [6, 6.07) is 9.22. The van der Waals surface area contributed by atoms with Gasteiger partial charge in [0, 0.05) is 19.4 Å². The van der Waals surface area contributed by atoms with Crippen LogP contribution in [0.2, 0.25) is 0 Å². The molecule has 1 N–H and O–H groups in total. The molecule has 0 saturated heterocycles. The van der Waals surface area contributed by atoms with Crippen LogP contribution >= 0.6 is 0 Å². The summed E-state index contributed by atoms with van der Waals surface area (Å²) in [4.78, 5) is 24.4. The highest BCUT2D eigenvalue weighted by atomic mass is 16.2. The van der Waals surface area contributed by atoms with E-state index in [1.54, 1.807) is 0 Å². The van der Waals surface area contributed by atoms with Crippen LogP contribution in [-0.4, -0.2) is 24.1 Å². The largest absolute Gasteiger partial charge is 0.351 e. The SMILES string of the molecule is O=C(NCCC1=CCCCC1)C1=NN(c2ccccc2)C(=O)CC1. The van der Waals surface area contributed by atoms with Crippen molar-refractivity contribution in [1.29, 1.82) is 0 Å². The fourth-order valence-electron chi connectivity index (χ4n) is 3.06. The first-order chi connectivity index (χ1) is 11.7. The molecular weight excluding hydrogens is 302 g/mol. The molecule has 3 rings (SSSR count). The van der Waals surface area contributed by atoms with E-state index in [0.717, 1.165) is 19.3 Å². The fraction of sp³-hybridized carbons (Fsp3) is 0.421. The number of amides is 2. The molecular formula is C19H23N3O2. The van der Waals surface area contributed by atoms with Crippen molar-refractivity contribution in [3.05, 3.63) is 42.0 Å². The lowest BCUT2D eigenvalue weighted by atomic mass is 9.97. The van der Waals surface area contributed by atoms with Gasteiger partial charge in [0.2, 0.25) is 5.91 Å². The minimum absolute atomic E-state index is 0.0786. The van der Waals surface area contributed by atoms with Crippen molar-refractivity contribution < 1.29 is 9.59 Å². The Balaban J connectivity index is 1.59. The lowest BCUT2D eigenvalue weighted by Gasteiger charge is -2.23. The van der Waals surface area contributed by atoms with Crippen LogP contribution in [0.25, 0.3) is 0 Å². The van der Waals surface area contributed by atoms with Crippen LogP contribution in [0.4, 0.5) is 5.69 Å². The fourth-order valence-corrected chi connectivity index (χ4v) is 3.06. The topological polar surface area (TPSA) is 61.8 Å². The van der Waals surface area contributed by atoms with Gasteiger partial charge in [-0.05, 0) is 44.2 Å². The van der Waals surface area contributed by atoms with Crippen LogP contribution in [0.3, 0.4) is 0 Å². The zero-order valence-electron chi connectivity index (χ0n) is 13.8. The molecule has 5 heteroatoms. The second kappa shape index (κ2) is 7.90. The Hall–Kier alpha value is -2.43. The van der Waals surface area contributed by atoms with Crippen molar-refractivity contribution in [2.75, 3.05) is 11.6 Å². The molecule has 2 aliphatic rings. The molecule has 2 amide bonds. The number of nitrogens with zero attached hydrogens (tertiary/aromatic N) is 2. The molecule has 1 aliphatic heterocycles. The number of allylic oxidation sites excluding steroid dienone is 1. The highest BCUT2D eigenvalue weighted by molar-refractivity contribution is 6.40. The van der Waals surface area contributed by atoms with E-state index >= 15 is 0 Å². The molecule has 1 aliphatic carbocycles. The standard InChI is InChI=1S/C19H23N3O2/c23-18-12-11-17(21-22(18)16-9-5-2-6-10-16)19(24)20-14-13-15-7-3-1-4-8-15/h2,5-7,9-10H,1,3-4,8,11-14H2,(H,20,24). The van der Waals surface area contributed by atoms with Crippen LogP contribution < -0.4 is 10.3 Å². The molecule has 0 radical (unpaired) electrons. The molecule has 0 spiro atoms. The Kier molecular flexibility index (Phi) is 5.41. The molecule has 126 valence electrons. The maximum atomic E-state index is 12.3. The van der Waals surface area contributed by atoms with E-state index in [-0.39, 0.29) is 11.8 Å². The molecule has 1 heterocycles. The quantitative estimate of drug-likeness (QED) is 0.845. The Bertz CT molecular complexity index is 664. The highest BCUT2D eigenvalue weighted by Crippen LogP contribution is 2.20. The van der Waals surface area contributed by atoms with Gasteiger partial charge >= 0.3 is 0 Å². The first kappa shape index (κ1) is 16.4. The predicted molar refractivity (Wildman–Crippen MR) is 94.8 cm³/mol. The van der Waals surface area contributed by atoms with Crippen molar-refractivity contribution in [2.45, 2.75) is 44.9 Å². The third-order valence-corrected chi connectivity index (χ3v) is 4.41. The van der Waals surface area contributed by atoms with E-state index in [2.05, 4.69) is 16.5 Å². The van der Waals surface area contributed by atoms with Crippen LogP contribution in [0, 0.1) is 0 Å². The maximum absolute atomic E-state index is 12.3. The minimum atomic E-state index is -0.167. The molecule has 1 aromatic rings. The van der Waals surface area contributed by atoms with Crippen LogP contribution in [-0.2, 0) is 9.59 Å². The maximum Gasteiger partial charge on any atom is 0.267 e. The van der Waals surface area contributed by atoms with Crippen molar-refractivity contribution in [1.82, 2.24) is 5.32 Å². The first-order valence-electron chi connectivity index (χ1n) is 8.65. The van der Waals surface area contributed by atoms with E-state index in [9.17, 15) is 9.59 Å². The number of hydrogen-bond acceptors (Lipinski definition) is 3. The summed E-state index contributed by atoms with van der Waals surface area (Å²) in [6.07, 6.45) is 8.74. The number of carbonyl (C=O) groups is 2. The Morgan fingerprint density at radius 3 is 2.71 bits per heavy atom. The number of rotatable bonds is 5. The van der Waals surface area contributed by atoms with E-state index in [1.165, 1.54) is 23.4 Å². The number of benzene rings is 1. The summed E-state index contributed by atoms with van der Waals surface area (Å²) < 4.78 is 0. The number of nitrogens with one attached hydrogen (secondary N) is 1. The van der Waals surface area contributed by atoms with E-state index in [0.29, 0.717) is 30.8 Å². The summed E-state index contributed by atoms with van der Waals surface area (Å²) in [7, 11) is 0. The molecule has 24 heavy (non-hydrogen) atoms. The number of anilines is 1. The second-order valence-corrected chi connectivity index (χ2v) is 6.20. The van der Waals surface area contributed by atoms with Gasteiger partial charge in [-0.1, -0.05) is 29.8 Å². The molecule has 5 nitrogen and oxygen atoms in total. The van der Waals surface area contributed by atoms with Crippen molar-refractivity contribution in [3.63, 3.8) is 0 Å². The third kappa shape index (κ3) is 4.10. The Morgan fingerprint density at radius 1 is 1.12 bits per heavy atom. The van der Waals surface area contributed by atoms with Gasteiger partial charge in [-0.15, -0.1) is 0 Å². The van der Waals surface area contributed by atoms with Crippen molar-refractivity contribution >= 4 is 23.2 Å². The van der Waals surface area contributed by atoms with Gasteiger partial charge in [0.15, 0.2) is 0 Å². The molecule has 0 atom stereocenters. The number of hydrazone groups is 1. The van der Waals surface area contributed by atoms with Gasteiger partial charge in [-0.2, -0.15) is 5.10 Å². The average molecular weight is 325 g/mol. The summed E-state index contributed by atoms with van der Waals surface area (Å²) in [5.41, 5.74) is 2.56. The highest BCUT2D eigenvalue weighted by Gasteiger charge is 2.25. The smallest absolute Gasteiger partial charge is 0.267 e. The minimum Gasteiger partial charge on any atom is -0.351 e. The molecule has 0 aromatic heterocycles. The summed E-state index contributed by atoms with van der Waals surface area (Å²) >= 11 is 0. The Morgan fingerprint density at radius 2 is 1.96 bits per heavy atom. The van der Waals surface area contributed by atoms with Gasteiger partial charge in [0.1, 0.15) is 5.71 Å². The summed E-state index contributed by atoms with van der Waals surface area (Å²) in [5.74, 6) is -0.245. The molecule has 0 unspecified atom stereocenters. The lowest BCUT2D eigenvalue weighted by molar-refractivity contribution is -0.118. The van der Waals surface area contributed by atoms with Crippen LogP contribution in [0.15, 0.2) is 47.1 Å². The van der Waals surface area contributed by atoms with Crippen LogP contribution in [0.5, 0.6) is 0 Å². The van der Waals surface area contributed by atoms with Gasteiger partial charge < -0.3 is 5.32 Å². The average Bonchev–Trinajstić information content (AvgIpc) is 2.63. The van der Waals surface area contributed by atoms with Crippen molar-refractivity contribution in [2.24, 2.45) is 5.10 Å². The summed E-state index contributed by atoms with van der Waals surface area (Å²) in [6.45, 7) is 0.628. The van der Waals surface area contributed by atoms with Gasteiger partial charge in [-0.3, -0.25) is 9.59 Å². The zero-order chi connectivity index (χ0) is 16.8. The molecule has 0 saturated carbocycles.